The van der Waals surface area contributed by atoms with E-state index in [1.807, 2.05) is 12.3 Å². The van der Waals surface area contributed by atoms with Crippen LogP contribution in [0.25, 0.3) is 0 Å². The van der Waals surface area contributed by atoms with Crippen molar-refractivity contribution in [3.8, 4) is 0 Å². The minimum absolute atomic E-state index is 0.199. The van der Waals surface area contributed by atoms with Crippen LogP contribution < -0.4 is 16.0 Å². The SMILES string of the molecule is CN=C(NCc1ccc(NCCOC)cc1)NCc1ccc(F)cc1CSC. The van der Waals surface area contributed by atoms with Crippen molar-refractivity contribution in [1.82, 2.24) is 10.6 Å². The second-order valence-corrected chi connectivity index (χ2v) is 7.11. The third kappa shape index (κ3) is 7.40. The first-order valence-electron chi connectivity index (χ1n) is 9.18. The third-order valence-electron chi connectivity index (χ3n) is 4.19. The maximum atomic E-state index is 13.5. The van der Waals surface area contributed by atoms with Gasteiger partial charge in [0.15, 0.2) is 5.96 Å². The van der Waals surface area contributed by atoms with Crippen molar-refractivity contribution in [2.24, 2.45) is 4.99 Å². The lowest BCUT2D eigenvalue weighted by Crippen LogP contribution is -2.36. The van der Waals surface area contributed by atoms with Gasteiger partial charge in [0.1, 0.15) is 5.82 Å². The monoisotopic (exact) mass is 404 g/mol. The second kappa shape index (κ2) is 12.3. The maximum absolute atomic E-state index is 13.5. The van der Waals surface area contributed by atoms with Crippen LogP contribution in [-0.2, 0) is 23.6 Å². The highest BCUT2D eigenvalue weighted by atomic mass is 32.2. The lowest BCUT2D eigenvalue weighted by atomic mass is 10.1. The number of nitrogens with one attached hydrogen (secondary N) is 3. The number of hydrogen-bond donors (Lipinski definition) is 3. The molecule has 0 fully saturated rings. The molecule has 152 valence electrons. The van der Waals surface area contributed by atoms with E-state index in [0.717, 1.165) is 34.7 Å². The predicted octanol–water partition coefficient (Wildman–Crippen LogP) is 3.61. The standard InChI is InChI=1S/C21H29FN4OS/c1-23-21(26-14-17-6-7-19(22)12-18(17)15-28-3)25-13-16-4-8-20(9-5-16)24-10-11-27-2/h4-9,12,24H,10-11,13-15H2,1-3H3,(H2,23,25,26). The lowest BCUT2D eigenvalue weighted by molar-refractivity contribution is 0.211. The molecule has 28 heavy (non-hydrogen) atoms. The van der Waals surface area contributed by atoms with E-state index in [2.05, 4.69) is 45.2 Å². The summed E-state index contributed by atoms with van der Waals surface area (Å²) in [5, 5.41) is 9.91. The number of ether oxygens (including phenoxy) is 1. The van der Waals surface area contributed by atoms with E-state index in [0.29, 0.717) is 25.7 Å². The summed E-state index contributed by atoms with van der Waals surface area (Å²) in [5.41, 5.74) is 4.31. The summed E-state index contributed by atoms with van der Waals surface area (Å²) in [6.45, 7) is 2.72. The fourth-order valence-electron chi connectivity index (χ4n) is 2.68. The first-order valence-corrected chi connectivity index (χ1v) is 10.6. The lowest BCUT2D eigenvalue weighted by Gasteiger charge is -2.14. The molecule has 0 saturated carbocycles. The zero-order chi connectivity index (χ0) is 20.2. The Kier molecular flexibility index (Phi) is 9.65. The van der Waals surface area contributed by atoms with Gasteiger partial charge < -0.3 is 20.7 Å². The van der Waals surface area contributed by atoms with Crippen LogP contribution in [0.1, 0.15) is 16.7 Å². The van der Waals surface area contributed by atoms with Gasteiger partial charge in [-0.1, -0.05) is 18.2 Å². The molecule has 0 heterocycles. The number of hydrogen-bond acceptors (Lipinski definition) is 4. The van der Waals surface area contributed by atoms with Gasteiger partial charge in [-0.15, -0.1) is 0 Å². The largest absolute Gasteiger partial charge is 0.383 e. The Morgan fingerprint density at radius 2 is 1.82 bits per heavy atom. The zero-order valence-electron chi connectivity index (χ0n) is 16.7. The van der Waals surface area contributed by atoms with Gasteiger partial charge in [-0.2, -0.15) is 11.8 Å². The smallest absolute Gasteiger partial charge is 0.191 e. The fraction of sp³-hybridized carbons (Fsp3) is 0.381. The summed E-state index contributed by atoms with van der Waals surface area (Å²) in [5.74, 6) is 1.29. The van der Waals surface area contributed by atoms with Crippen LogP contribution in [0.15, 0.2) is 47.5 Å². The first-order chi connectivity index (χ1) is 13.7. The van der Waals surface area contributed by atoms with Crippen LogP contribution >= 0.6 is 11.8 Å². The molecule has 5 nitrogen and oxygen atoms in total. The van der Waals surface area contributed by atoms with Crippen molar-refractivity contribution >= 4 is 23.4 Å². The summed E-state index contributed by atoms with van der Waals surface area (Å²) in [6.07, 6.45) is 2.01. The molecule has 0 saturated heterocycles. The highest BCUT2D eigenvalue weighted by Crippen LogP contribution is 2.16. The van der Waals surface area contributed by atoms with E-state index in [9.17, 15) is 4.39 Å². The van der Waals surface area contributed by atoms with Gasteiger partial charge in [0.05, 0.1) is 6.61 Å². The van der Waals surface area contributed by atoms with Crippen LogP contribution in [0.4, 0.5) is 10.1 Å². The Hall–Kier alpha value is -2.25. The number of benzene rings is 2. The molecule has 0 spiro atoms. The number of anilines is 1. The minimum atomic E-state index is -0.199. The Bertz CT molecular complexity index is 753. The van der Waals surface area contributed by atoms with Gasteiger partial charge in [-0.05, 0) is 47.2 Å². The van der Waals surface area contributed by atoms with Gasteiger partial charge in [0.25, 0.3) is 0 Å². The number of rotatable bonds is 10. The fourth-order valence-corrected chi connectivity index (χ4v) is 3.26. The quantitative estimate of drug-likeness (QED) is 0.321. The molecule has 2 aromatic rings. The van der Waals surface area contributed by atoms with Crippen molar-refractivity contribution in [3.63, 3.8) is 0 Å². The van der Waals surface area contributed by atoms with Crippen molar-refractivity contribution in [2.45, 2.75) is 18.8 Å². The number of guanidine groups is 1. The van der Waals surface area contributed by atoms with E-state index >= 15 is 0 Å². The molecule has 0 aliphatic heterocycles. The summed E-state index contributed by atoms with van der Waals surface area (Å²) < 4.78 is 18.5. The van der Waals surface area contributed by atoms with E-state index in [-0.39, 0.29) is 5.82 Å². The molecule has 2 aromatic carbocycles. The molecule has 7 heteroatoms. The Balaban J connectivity index is 1.85. The Morgan fingerprint density at radius 1 is 1.07 bits per heavy atom. The van der Waals surface area contributed by atoms with Crippen molar-refractivity contribution in [1.29, 1.82) is 0 Å². The third-order valence-corrected chi connectivity index (χ3v) is 4.79. The Morgan fingerprint density at radius 3 is 2.50 bits per heavy atom. The molecule has 2 rings (SSSR count). The molecule has 0 aromatic heterocycles. The summed E-state index contributed by atoms with van der Waals surface area (Å²) in [7, 11) is 3.43. The van der Waals surface area contributed by atoms with Crippen molar-refractivity contribution in [3.05, 3.63) is 65.0 Å². The topological polar surface area (TPSA) is 57.7 Å². The molecule has 0 bridgehead atoms. The van der Waals surface area contributed by atoms with Crippen LogP contribution in [-0.4, -0.2) is 39.5 Å². The van der Waals surface area contributed by atoms with Gasteiger partial charge in [0, 0.05) is 45.2 Å². The number of aliphatic imine (C=N–C) groups is 1. The first kappa shape index (κ1) is 22.0. The van der Waals surface area contributed by atoms with Gasteiger partial charge in [-0.3, -0.25) is 4.99 Å². The van der Waals surface area contributed by atoms with Crippen LogP contribution in [0, 0.1) is 5.82 Å². The predicted molar refractivity (Wildman–Crippen MR) is 117 cm³/mol. The average Bonchev–Trinajstić information content (AvgIpc) is 2.71. The average molecular weight is 405 g/mol. The zero-order valence-corrected chi connectivity index (χ0v) is 17.5. The maximum Gasteiger partial charge on any atom is 0.191 e. The van der Waals surface area contributed by atoms with Crippen molar-refractivity contribution in [2.75, 3.05) is 38.9 Å². The number of halogens is 1. The second-order valence-electron chi connectivity index (χ2n) is 6.24. The van der Waals surface area contributed by atoms with Crippen LogP contribution in [0.5, 0.6) is 0 Å². The molecule has 0 aliphatic carbocycles. The summed E-state index contributed by atoms with van der Waals surface area (Å²) in [4.78, 5) is 4.27. The van der Waals surface area contributed by atoms with E-state index in [1.54, 1.807) is 32.0 Å². The molecule has 3 N–H and O–H groups in total. The van der Waals surface area contributed by atoms with E-state index in [4.69, 9.17) is 4.74 Å². The van der Waals surface area contributed by atoms with Crippen LogP contribution in [0.3, 0.4) is 0 Å². The summed E-state index contributed by atoms with van der Waals surface area (Å²) in [6, 6.07) is 13.2. The molecule has 0 amide bonds. The van der Waals surface area contributed by atoms with Crippen LogP contribution in [0.2, 0.25) is 0 Å². The van der Waals surface area contributed by atoms with Crippen molar-refractivity contribution < 1.29 is 9.13 Å². The molecule has 0 atom stereocenters. The summed E-state index contributed by atoms with van der Waals surface area (Å²) >= 11 is 1.68. The number of methoxy groups -OCH3 is 1. The molecule has 0 unspecified atom stereocenters. The minimum Gasteiger partial charge on any atom is -0.383 e. The molecular formula is C21H29FN4OS. The van der Waals surface area contributed by atoms with Gasteiger partial charge >= 0.3 is 0 Å². The van der Waals surface area contributed by atoms with Gasteiger partial charge in [0.2, 0.25) is 0 Å². The van der Waals surface area contributed by atoms with E-state index in [1.165, 1.54) is 6.07 Å². The molecule has 0 radical (unpaired) electrons. The van der Waals surface area contributed by atoms with Gasteiger partial charge in [-0.25, -0.2) is 4.39 Å². The highest BCUT2D eigenvalue weighted by Gasteiger charge is 2.06. The number of thioether (sulfide) groups is 1. The molecular weight excluding hydrogens is 375 g/mol. The number of nitrogens with zero attached hydrogens (tertiary/aromatic N) is 1. The van der Waals surface area contributed by atoms with E-state index < -0.39 is 0 Å². The molecule has 0 aliphatic rings. The highest BCUT2D eigenvalue weighted by molar-refractivity contribution is 7.97. The Labute approximate surface area is 171 Å². The normalized spacial score (nSPS) is 11.4.